The first-order valence-electron chi connectivity index (χ1n) is 10.1. The van der Waals surface area contributed by atoms with E-state index in [0.717, 1.165) is 5.56 Å². The molecular weight excluding hydrogens is 406 g/mol. The highest BCUT2D eigenvalue weighted by atomic mass is 16.6. The molecule has 1 fully saturated rings. The SMILES string of the molecule is CCOC(=O)c1nc2n(c(=O)c1O)CC1CCC2(NC(=O)OCc2ccccc2)OC1. The number of esters is 1. The minimum absolute atomic E-state index is 0.00357. The Hall–Kier alpha value is -3.40. The van der Waals surface area contributed by atoms with E-state index in [1.807, 2.05) is 30.3 Å². The molecule has 2 atom stereocenters. The van der Waals surface area contributed by atoms with Gasteiger partial charge in [-0.05, 0) is 18.9 Å². The average molecular weight is 429 g/mol. The number of rotatable bonds is 5. The first kappa shape index (κ1) is 20.9. The highest BCUT2D eigenvalue weighted by Gasteiger charge is 2.48. The lowest BCUT2D eigenvalue weighted by Gasteiger charge is -2.36. The summed E-state index contributed by atoms with van der Waals surface area (Å²) in [6, 6.07) is 9.17. The molecule has 2 unspecified atom stereocenters. The molecule has 3 aliphatic rings. The Morgan fingerprint density at radius 1 is 1.32 bits per heavy atom. The number of hydrogen-bond donors (Lipinski definition) is 2. The number of ether oxygens (including phenoxy) is 3. The quantitative estimate of drug-likeness (QED) is 0.687. The molecule has 0 saturated carbocycles. The molecule has 1 saturated heterocycles. The van der Waals surface area contributed by atoms with E-state index in [9.17, 15) is 19.5 Å². The number of nitrogens with one attached hydrogen (secondary N) is 1. The molecule has 10 nitrogen and oxygen atoms in total. The molecule has 164 valence electrons. The zero-order chi connectivity index (χ0) is 22.0. The molecule has 1 aromatic heterocycles. The minimum Gasteiger partial charge on any atom is -0.501 e. The van der Waals surface area contributed by atoms with Crippen molar-refractivity contribution in [1.82, 2.24) is 14.9 Å². The lowest BCUT2D eigenvalue weighted by atomic mass is 9.96. The molecule has 1 amide bonds. The molecule has 2 aromatic rings. The van der Waals surface area contributed by atoms with E-state index < -0.39 is 34.8 Å². The van der Waals surface area contributed by atoms with Gasteiger partial charge < -0.3 is 19.3 Å². The summed E-state index contributed by atoms with van der Waals surface area (Å²) < 4.78 is 17.4. The normalized spacial score (nSPS) is 21.6. The van der Waals surface area contributed by atoms with Gasteiger partial charge in [-0.2, -0.15) is 0 Å². The topological polar surface area (TPSA) is 129 Å². The number of aromatic nitrogens is 2. The maximum atomic E-state index is 12.8. The van der Waals surface area contributed by atoms with Crippen molar-refractivity contribution in [3.63, 3.8) is 0 Å². The van der Waals surface area contributed by atoms with Crippen LogP contribution in [0.3, 0.4) is 0 Å². The van der Waals surface area contributed by atoms with Gasteiger partial charge in [0, 0.05) is 18.9 Å². The number of nitrogens with zero attached hydrogens (tertiary/aromatic N) is 2. The number of fused-ring (bicyclic) bond motifs is 2. The third-order valence-corrected chi connectivity index (χ3v) is 5.40. The smallest absolute Gasteiger partial charge is 0.410 e. The van der Waals surface area contributed by atoms with E-state index in [1.165, 1.54) is 4.57 Å². The molecule has 0 radical (unpaired) electrons. The first-order chi connectivity index (χ1) is 14.9. The summed E-state index contributed by atoms with van der Waals surface area (Å²) >= 11 is 0. The van der Waals surface area contributed by atoms with Gasteiger partial charge >= 0.3 is 12.1 Å². The number of aromatic hydroxyl groups is 1. The van der Waals surface area contributed by atoms with Crippen molar-refractivity contribution in [2.45, 2.75) is 38.6 Å². The predicted molar refractivity (Wildman–Crippen MR) is 106 cm³/mol. The standard InChI is InChI=1S/C21H23N3O7/c1-2-29-18(27)15-16(25)17(26)24-10-14-8-9-21(31-12-14,19(24)22-15)23-20(28)30-11-13-6-4-3-5-7-13/h3-7,14,25H,2,8-12H2,1H3,(H,23,28). The molecule has 2 bridgehead atoms. The second-order valence-corrected chi connectivity index (χ2v) is 7.50. The Morgan fingerprint density at radius 3 is 2.77 bits per heavy atom. The largest absolute Gasteiger partial charge is 0.501 e. The summed E-state index contributed by atoms with van der Waals surface area (Å²) in [5.41, 5.74) is -1.94. The molecule has 0 spiro atoms. The van der Waals surface area contributed by atoms with Crippen LogP contribution in [0.2, 0.25) is 0 Å². The number of benzene rings is 1. The summed E-state index contributed by atoms with van der Waals surface area (Å²) in [6.45, 7) is 2.22. The fourth-order valence-electron chi connectivity index (χ4n) is 3.84. The van der Waals surface area contributed by atoms with Crippen molar-refractivity contribution in [3.8, 4) is 5.75 Å². The Bertz CT molecular complexity index is 1040. The lowest BCUT2D eigenvalue weighted by molar-refractivity contribution is -0.120. The number of amides is 1. The Kier molecular flexibility index (Phi) is 5.64. The van der Waals surface area contributed by atoms with Crippen LogP contribution < -0.4 is 10.9 Å². The molecule has 31 heavy (non-hydrogen) atoms. The molecule has 1 aromatic carbocycles. The van der Waals surface area contributed by atoms with Crippen LogP contribution >= 0.6 is 0 Å². The van der Waals surface area contributed by atoms with E-state index in [2.05, 4.69) is 10.3 Å². The van der Waals surface area contributed by atoms with E-state index in [4.69, 9.17) is 14.2 Å². The molecular formula is C21H23N3O7. The van der Waals surface area contributed by atoms with Crippen molar-refractivity contribution < 1.29 is 28.9 Å². The summed E-state index contributed by atoms with van der Waals surface area (Å²) in [6.07, 6.45) is 0.227. The van der Waals surface area contributed by atoms with E-state index in [-0.39, 0.29) is 38.1 Å². The Labute approximate surface area is 177 Å². The number of carbonyl (C=O) groups is 2. The highest BCUT2D eigenvalue weighted by Crippen LogP contribution is 2.38. The second kappa shape index (κ2) is 8.38. The van der Waals surface area contributed by atoms with Crippen LogP contribution in [0.5, 0.6) is 5.75 Å². The van der Waals surface area contributed by atoms with Crippen molar-refractivity contribution in [1.29, 1.82) is 0 Å². The summed E-state index contributed by atoms with van der Waals surface area (Å²) in [5.74, 6) is -1.68. The fourth-order valence-corrected chi connectivity index (χ4v) is 3.84. The Morgan fingerprint density at radius 2 is 2.10 bits per heavy atom. The van der Waals surface area contributed by atoms with Gasteiger partial charge in [-0.1, -0.05) is 30.3 Å². The van der Waals surface area contributed by atoms with Gasteiger partial charge in [-0.3, -0.25) is 14.7 Å². The monoisotopic (exact) mass is 429 g/mol. The molecule has 2 N–H and O–H groups in total. The molecule has 3 aliphatic heterocycles. The zero-order valence-corrected chi connectivity index (χ0v) is 17.0. The van der Waals surface area contributed by atoms with Gasteiger partial charge in [0.15, 0.2) is 11.5 Å². The maximum absolute atomic E-state index is 12.8. The van der Waals surface area contributed by atoms with Gasteiger partial charge in [-0.25, -0.2) is 14.6 Å². The van der Waals surface area contributed by atoms with Gasteiger partial charge in [-0.15, -0.1) is 0 Å². The second-order valence-electron chi connectivity index (χ2n) is 7.50. The van der Waals surface area contributed by atoms with Crippen molar-refractivity contribution in [2.75, 3.05) is 13.2 Å². The zero-order valence-electron chi connectivity index (χ0n) is 17.0. The number of hydrogen-bond acceptors (Lipinski definition) is 8. The fraction of sp³-hybridized carbons (Fsp3) is 0.429. The van der Waals surface area contributed by atoms with Gasteiger partial charge in [0.2, 0.25) is 11.5 Å². The lowest BCUT2D eigenvalue weighted by Crippen LogP contribution is -2.52. The minimum atomic E-state index is -1.46. The van der Waals surface area contributed by atoms with Crippen molar-refractivity contribution in [2.24, 2.45) is 5.92 Å². The van der Waals surface area contributed by atoms with Crippen LogP contribution in [-0.2, 0) is 33.1 Å². The van der Waals surface area contributed by atoms with Crippen LogP contribution in [-0.4, -0.2) is 39.9 Å². The van der Waals surface area contributed by atoms with E-state index >= 15 is 0 Å². The number of alkyl carbamates (subject to hydrolysis) is 1. The third kappa shape index (κ3) is 3.98. The van der Waals surface area contributed by atoms with Crippen LogP contribution in [0.4, 0.5) is 4.79 Å². The molecule has 0 aliphatic carbocycles. The number of carbonyl (C=O) groups excluding carboxylic acids is 2. The predicted octanol–water partition coefficient (Wildman–Crippen LogP) is 1.64. The van der Waals surface area contributed by atoms with Crippen LogP contribution in [0.15, 0.2) is 35.1 Å². The van der Waals surface area contributed by atoms with E-state index in [1.54, 1.807) is 6.92 Å². The Balaban J connectivity index is 1.67. The first-order valence-corrected chi connectivity index (χ1v) is 10.1. The van der Waals surface area contributed by atoms with Gasteiger partial charge in [0.25, 0.3) is 5.56 Å². The van der Waals surface area contributed by atoms with Crippen molar-refractivity contribution in [3.05, 3.63) is 57.8 Å². The molecule has 10 heteroatoms. The van der Waals surface area contributed by atoms with Crippen molar-refractivity contribution >= 4 is 12.1 Å². The van der Waals surface area contributed by atoms with E-state index in [0.29, 0.717) is 12.8 Å². The third-order valence-electron chi connectivity index (χ3n) is 5.40. The highest BCUT2D eigenvalue weighted by molar-refractivity contribution is 5.90. The summed E-state index contributed by atoms with van der Waals surface area (Å²) in [7, 11) is 0. The van der Waals surface area contributed by atoms with Crippen LogP contribution in [0, 0.1) is 5.92 Å². The summed E-state index contributed by atoms with van der Waals surface area (Å²) in [4.78, 5) is 41.9. The molecule has 5 rings (SSSR count). The molecule has 4 heterocycles. The average Bonchev–Trinajstić information content (AvgIpc) is 3.02. The van der Waals surface area contributed by atoms with Crippen LogP contribution in [0.1, 0.15) is 41.6 Å². The maximum Gasteiger partial charge on any atom is 0.410 e. The van der Waals surface area contributed by atoms with Gasteiger partial charge in [0.05, 0.1) is 13.2 Å². The summed E-state index contributed by atoms with van der Waals surface area (Å²) in [5, 5.41) is 13.0. The van der Waals surface area contributed by atoms with Gasteiger partial charge in [0.1, 0.15) is 6.61 Å². The van der Waals surface area contributed by atoms with Crippen LogP contribution in [0.25, 0.3) is 0 Å².